The molecule has 1 amide bonds. The number of aliphatic imine (C=N–C) groups is 1. The van der Waals surface area contributed by atoms with Gasteiger partial charge in [0.2, 0.25) is 11.8 Å². The fourth-order valence-electron chi connectivity index (χ4n) is 2.88. The second kappa shape index (κ2) is 8.72. The smallest absolute Gasteiger partial charge is 0.248 e. The predicted octanol–water partition coefficient (Wildman–Crippen LogP) is 3.54. The molecule has 152 valence electrons. The lowest BCUT2D eigenvalue weighted by molar-refractivity contribution is -0.123. The maximum absolute atomic E-state index is 12.1. The summed E-state index contributed by atoms with van der Waals surface area (Å²) in [7, 11) is 3.94. The molecule has 1 heterocycles. The number of aromatic hydroxyl groups is 1. The van der Waals surface area contributed by atoms with Crippen LogP contribution in [-0.2, 0) is 9.53 Å². The second-order valence-corrected chi connectivity index (χ2v) is 6.91. The number of phenols is 1. The molecule has 2 aromatic carbocycles. The number of hydrogen-bond donors (Lipinski definition) is 2. The van der Waals surface area contributed by atoms with E-state index in [4.69, 9.17) is 4.74 Å². The molecule has 2 aromatic rings. The molecule has 0 aromatic heterocycles. The maximum Gasteiger partial charge on any atom is 0.248 e. The first-order chi connectivity index (χ1) is 13.9. The van der Waals surface area contributed by atoms with Crippen LogP contribution in [0.3, 0.4) is 0 Å². The first-order valence-corrected chi connectivity index (χ1v) is 9.43. The van der Waals surface area contributed by atoms with E-state index in [0.29, 0.717) is 23.5 Å². The molecule has 0 radical (unpaired) electrons. The van der Waals surface area contributed by atoms with Gasteiger partial charge >= 0.3 is 0 Å². The molecular weight excluding hydrogens is 370 g/mol. The van der Waals surface area contributed by atoms with Crippen molar-refractivity contribution >= 4 is 28.9 Å². The number of phenolic OH excluding ortho intramolecular Hbond substituents is 1. The first-order valence-electron chi connectivity index (χ1n) is 9.43. The van der Waals surface area contributed by atoms with Crippen LogP contribution in [0, 0.1) is 0 Å². The largest absolute Gasteiger partial charge is 0.507 e. The zero-order chi connectivity index (χ0) is 21.0. The van der Waals surface area contributed by atoms with Crippen molar-refractivity contribution in [1.82, 2.24) is 5.32 Å². The van der Waals surface area contributed by atoms with Crippen LogP contribution in [0.25, 0.3) is 0 Å². The third kappa shape index (κ3) is 4.71. The summed E-state index contributed by atoms with van der Waals surface area (Å²) in [6.45, 7) is 4.14. The van der Waals surface area contributed by atoms with Gasteiger partial charge in [0, 0.05) is 32.4 Å². The zero-order valence-electron chi connectivity index (χ0n) is 17.0. The molecule has 1 aliphatic rings. The van der Waals surface area contributed by atoms with Crippen molar-refractivity contribution in [1.29, 1.82) is 0 Å². The van der Waals surface area contributed by atoms with Gasteiger partial charge in [-0.1, -0.05) is 0 Å². The van der Waals surface area contributed by atoms with Gasteiger partial charge in [-0.05, 0) is 50.2 Å². The summed E-state index contributed by atoms with van der Waals surface area (Å²) in [5.41, 5.74) is 2.69. The molecule has 8 nitrogen and oxygen atoms in total. The van der Waals surface area contributed by atoms with Crippen LogP contribution in [0.1, 0.15) is 19.4 Å². The lowest BCUT2D eigenvalue weighted by atomic mass is 10.2. The second-order valence-electron chi connectivity index (χ2n) is 6.91. The van der Waals surface area contributed by atoms with Gasteiger partial charge in [-0.3, -0.25) is 4.79 Å². The molecule has 2 N–H and O–H groups in total. The fourth-order valence-corrected chi connectivity index (χ4v) is 2.88. The molecule has 0 aliphatic carbocycles. The van der Waals surface area contributed by atoms with Gasteiger partial charge in [-0.2, -0.15) is 10.2 Å². The monoisotopic (exact) mass is 395 g/mol. The summed E-state index contributed by atoms with van der Waals surface area (Å²) in [6.07, 6.45) is -0.402. The molecule has 0 spiro atoms. The molecule has 0 unspecified atom stereocenters. The summed E-state index contributed by atoms with van der Waals surface area (Å²) in [6, 6.07) is 11.9. The lowest BCUT2D eigenvalue weighted by Crippen LogP contribution is -2.38. The van der Waals surface area contributed by atoms with Gasteiger partial charge in [-0.15, -0.1) is 0 Å². The van der Waals surface area contributed by atoms with Crippen LogP contribution in [-0.4, -0.2) is 49.7 Å². The SMILES string of the molecule is CCNC(=O)[C@H]1N=C(c2ccc(/N=N/c3ccc(N(C)C)cc3)cc2O)O[C@H]1C. The highest BCUT2D eigenvalue weighted by molar-refractivity contribution is 6.01. The third-order valence-electron chi connectivity index (χ3n) is 4.48. The van der Waals surface area contributed by atoms with Crippen molar-refractivity contribution < 1.29 is 14.6 Å². The van der Waals surface area contributed by atoms with E-state index in [1.807, 2.05) is 50.2 Å². The number of benzene rings is 2. The van der Waals surface area contributed by atoms with Crippen molar-refractivity contribution in [3.8, 4) is 5.75 Å². The van der Waals surface area contributed by atoms with Crippen molar-refractivity contribution in [3.63, 3.8) is 0 Å². The molecular formula is C21H25N5O3. The number of azo groups is 1. The quantitative estimate of drug-likeness (QED) is 0.731. The standard InChI is InChI=1S/C21H25N5O3/c1-5-22-20(28)19-13(2)29-21(23-19)17-11-8-15(12-18(17)27)25-24-14-6-9-16(10-7-14)26(3)4/h6-13,19,27H,5H2,1-4H3,(H,22,28)/b25-24+/t13-,19-/m0/s1. The van der Waals surface area contributed by atoms with Gasteiger partial charge in [0.05, 0.1) is 16.9 Å². The molecule has 0 saturated carbocycles. The molecule has 0 saturated heterocycles. The summed E-state index contributed by atoms with van der Waals surface area (Å²) >= 11 is 0. The van der Waals surface area contributed by atoms with Crippen molar-refractivity contribution in [3.05, 3.63) is 48.0 Å². The predicted molar refractivity (Wildman–Crippen MR) is 113 cm³/mol. The molecule has 8 heteroatoms. The van der Waals surface area contributed by atoms with E-state index < -0.39 is 12.1 Å². The maximum atomic E-state index is 12.1. The molecule has 0 bridgehead atoms. The van der Waals surface area contributed by atoms with Crippen molar-refractivity contribution in [2.75, 3.05) is 25.5 Å². The van der Waals surface area contributed by atoms with Crippen LogP contribution in [0.4, 0.5) is 17.1 Å². The number of amides is 1. The number of carbonyl (C=O) groups is 1. The Morgan fingerprint density at radius 1 is 1.17 bits per heavy atom. The summed E-state index contributed by atoms with van der Waals surface area (Å²) in [5.74, 6) is 0.0149. The number of carbonyl (C=O) groups excluding carboxylic acids is 1. The molecule has 3 rings (SSSR count). The Labute approximate surface area is 169 Å². The van der Waals surface area contributed by atoms with Gasteiger partial charge in [0.25, 0.3) is 0 Å². The Bertz CT molecular complexity index is 938. The zero-order valence-corrected chi connectivity index (χ0v) is 17.0. The van der Waals surface area contributed by atoms with Gasteiger partial charge < -0.3 is 20.1 Å². The average molecular weight is 395 g/mol. The summed E-state index contributed by atoms with van der Waals surface area (Å²) in [4.78, 5) is 18.4. The fraction of sp³-hybridized carbons (Fsp3) is 0.333. The summed E-state index contributed by atoms with van der Waals surface area (Å²) in [5, 5.41) is 21.5. The molecule has 29 heavy (non-hydrogen) atoms. The van der Waals surface area contributed by atoms with Crippen LogP contribution in [0.2, 0.25) is 0 Å². The highest BCUT2D eigenvalue weighted by atomic mass is 16.5. The van der Waals surface area contributed by atoms with E-state index >= 15 is 0 Å². The van der Waals surface area contributed by atoms with Crippen LogP contribution < -0.4 is 10.2 Å². The van der Waals surface area contributed by atoms with Gasteiger partial charge in [-0.25, -0.2) is 4.99 Å². The Morgan fingerprint density at radius 2 is 1.83 bits per heavy atom. The Hall–Kier alpha value is -3.42. The normalized spacial score (nSPS) is 18.4. The van der Waals surface area contributed by atoms with Crippen molar-refractivity contribution in [2.45, 2.75) is 26.0 Å². The van der Waals surface area contributed by atoms with Crippen molar-refractivity contribution in [2.24, 2.45) is 15.2 Å². The number of ether oxygens (including phenoxy) is 1. The van der Waals surface area contributed by atoms with Crippen LogP contribution in [0.5, 0.6) is 5.75 Å². The highest BCUT2D eigenvalue weighted by Gasteiger charge is 2.34. The van der Waals surface area contributed by atoms with Crippen LogP contribution >= 0.6 is 0 Å². The third-order valence-corrected chi connectivity index (χ3v) is 4.48. The highest BCUT2D eigenvalue weighted by Crippen LogP contribution is 2.29. The molecule has 0 fully saturated rings. The first kappa shape index (κ1) is 20.3. The number of hydrogen-bond acceptors (Lipinski definition) is 7. The van der Waals surface area contributed by atoms with E-state index in [-0.39, 0.29) is 17.6 Å². The summed E-state index contributed by atoms with van der Waals surface area (Å²) < 4.78 is 5.68. The van der Waals surface area contributed by atoms with E-state index in [1.165, 1.54) is 6.07 Å². The number of anilines is 1. The molecule has 1 aliphatic heterocycles. The molecule has 2 atom stereocenters. The van der Waals surface area contributed by atoms with Crippen LogP contribution in [0.15, 0.2) is 57.7 Å². The Kier molecular flexibility index (Phi) is 6.11. The van der Waals surface area contributed by atoms with E-state index in [1.54, 1.807) is 19.1 Å². The van der Waals surface area contributed by atoms with E-state index in [0.717, 1.165) is 5.69 Å². The topological polar surface area (TPSA) is 98.9 Å². The number of nitrogens with zero attached hydrogens (tertiary/aromatic N) is 4. The van der Waals surface area contributed by atoms with E-state index in [2.05, 4.69) is 20.5 Å². The lowest BCUT2D eigenvalue weighted by Gasteiger charge is -2.12. The minimum absolute atomic E-state index is 0.0353. The Morgan fingerprint density at radius 3 is 2.45 bits per heavy atom. The minimum Gasteiger partial charge on any atom is -0.507 e. The number of nitrogens with one attached hydrogen (secondary N) is 1. The average Bonchev–Trinajstić information content (AvgIpc) is 3.08. The Balaban J connectivity index is 1.75. The van der Waals surface area contributed by atoms with E-state index in [9.17, 15) is 9.90 Å². The van der Waals surface area contributed by atoms with Gasteiger partial charge in [0.15, 0.2) is 6.04 Å². The number of likely N-dealkylation sites (N-methyl/N-ethyl adjacent to an activating group) is 1. The minimum atomic E-state index is -0.631. The van der Waals surface area contributed by atoms with Gasteiger partial charge in [0.1, 0.15) is 11.9 Å². The number of rotatable bonds is 6.